The molecule has 0 spiro atoms. The predicted octanol–water partition coefficient (Wildman–Crippen LogP) is 2.15. The van der Waals surface area contributed by atoms with Crippen molar-refractivity contribution in [2.45, 2.75) is 77.1 Å². The number of carbonyl (C=O) groups excluding carboxylic acids is 3. The van der Waals surface area contributed by atoms with Crippen molar-refractivity contribution < 1.29 is 39.5 Å². The average molecular weight is 439 g/mol. The summed E-state index contributed by atoms with van der Waals surface area (Å²) in [7, 11) is 0. The van der Waals surface area contributed by atoms with Crippen molar-refractivity contribution in [3.8, 4) is 0 Å². The molecule has 8 nitrogen and oxygen atoms in total. The Morgan fingerprint density at radius 3 is 1.97 bits per heavy atom. The molecule has 3 atom stereocenters. The topological polar surface area (TPSA) is 142 Å². The zero-order valence-electron chi connectivity index (χ0n) is 18.3. The third-order valence-electron chi connectivity index (χ3n) is 6.03. The summed E-state index contributed by atoms with van der Waals surface area (Å²) in [4.78, 5) is 36.1. The van der Waals surface area contributed by atoms with Crippen molar-refractivity contribution in [3.63, 3.8) is 0 Å². The van der Waals surface area contributed by atoms with Crippen LogP contribution in [0.3, 0.4) is 0 Å². The van der Waals surface area contributed by atoms with Gasteiger partial charge >= 0.3 is 17.9 Å². The van der Waals surface area contributed by atoms with Crippen LogP contribution in [0.4, 0.5) is 0 Å². The summed E-state index contributed by atoms with van der Waals surface area (Å²) < 4.78 is 16.7. The summed E-state index contributed by atoms with van der Waals surface area (Å²) in [5.41, 5.74) is 1.52. The fourth-order valence-electron chi connectivity index (χ4n) is 4.37. The van der Waals surface area contributed by atoms with E-state index in [1.807, 2.05) is 6.08 Å². The first kappa shape index (κ1) is 26.6. The molecule has 2 saturated carbocycles. The quantitative estimate of drug-likeness (QED) is 0.366. The number of hydrogen-bond acceptors (Lipinski definition) is 6. The standard InChI is InChI=1S/C23H30O6.2H2O/c1-13(2)21(24)27-17-7-5-15(6-8-17)19-12-16-11-18(28-22(25)14(3)4)9-10-20(16)29-23(19)26;;/h12,15-18,20H,1,3,5-11H2,2,4H3;2*1H2. The molecule has 0 amide bonds. The van der Waals surface area contributed by atoms with Crippen LogP contribution in [-0.2, 0) is 28.6 Å². The van der Waals surface area contributed by atoms with Crippen molar-refractivity contribution >= 4 is 17.9 Å². The van der Waals surface area contributed by atoms with E-state index in [1.54, 1.807) is 13.8 Å². The van der Waals surface area contributed by atoms with Gasteiger partial charge in [0.15, 0.2) is 0 Å². The Hall–Kier alpha value is -2.45. The smallest absolute Gasteiger partial charge is 0.334 e. The van der Waals surface area contributed by atoms with E-state index in [9.17, 15) is 14.4 Å². The Morgan fingerprint density at radius 2 is 1.42 bits per heavy atom. The third kappa shape index (κ3) is 6.51. The molecule has 8 heteroatoms. The van der Waals surface area contributed by atoms with Crippen molar-refractivity contribution in [1.82, 2.24) is 0 Å². The minimum Gasteiger partial charge on any atom is -0.459 e. The summed E-state index contributed by atoms with van der Waals surface area (Å²) >= 11 is 0. The number of fused-ring (bicyclic) bond motifs is 1. The lowest BCUT2D eigenvalue weighted by Gasteiger charge is -2.39. The van der Waals surface area contributed by atoms with Crippen LogP contribution in [0.15, 0.2) is 36.0 Å². The van der Waals surface area contributed by atoms with Gasteiger partial charge in [-0.15, -0.1) is 0 Å². The lowest BCUT2D eigenvalue weighted by atomic mass is 9.76. The van der Waals surface area contributed by atoms with Crippen LogP contribution < -0.4 is 0 Å². The second-order valence-electron chi connectivity index (χ2n) is 8.51. The SMILES string of the molecule is C=C(C)C(=O)OC1CCC(C2=CC3CC(OC(=O)C(=C)C)CCC3OC2=O)CC1.O.O. The second-order valence-corrected chi connectivity index (χ2v) is 8.51. The Bertz CT molecular complexity index is 745. The van der Waals surface area contributed by atoms with Crippen molar-refractivity contribution in [2.24, 2.45) is 11.8 Å². The Kier molecular flexibility index (Phi) is 9.65. The number of ether oxygens (including phenoxy) is 3. The largest absolute Gasteiger partial charge is 0.459 e. The summed E-state index contributed by atoms with van der Waals surface area (Å²) in [6.45, 7) is 10.5. The van der Waals surface area contributed by atoms with Gasteiger partial charge in [0.2, 0.25) is 0 Å². The van der Waals surface area contributed by atoms with Crippen LogP contribution in [-0.4, -0.2) is 47.2 Å². The summed E-state index contributed by atoms with van der Waals surface area (Å²) in [5.74, 6) is -0.774. The van der Waals surface area contributed by atoms with Gasteiger partial charge in [-0.25, -0.2) is 14.4 Å². The number of hydrogen-bond donors (Lipinski definition) is 0. The van der Waals surface area contributed by atoms with Crippen LogP contribution in [0.1, 0.15) is 58.8 Å². The van der Waals surface area contributed by atoms with E-state index in [1.165, 1.54) is 0 Å². The zero-order chi connectivity index (χ0) is 21.1. The van der Waals surface area contributed by atoms with E-state index in [-0.39, 0.29) is 59.0 Å². The van der Waals surface area contributed by atoms with Gasteiger partial charge in [0, 0.05) is 22.6 Å². The minimum atomic E-state index is -0.368. The number of esters is 3. The Balaban J connectivity index is 0.00000240. The van der Waals surface area contributed by atoms with Gasteiger partial charge in [-0.05, 0) is 64.7 Å². The van der Waals surface area contributed by atoms with Crippen LogP contribution in [0.2, 0.25) is 0 Å². The lowest BCUT2D eigenvalue weighted by molar-refractivity contribution is -0.158. The van der Waals surface area contributed by atoms with E-state index >= 15 is 0 Å². The highest BCUT2D eigenvalue weighted by Gasteiger charge is 2.40. The van der Waals surface area contributed by atoms with Crippen LogP contribution >= 0.6 is 0 Å². The molecule has 174 valence electrons. The van der Waals surface area contributed by atoms with E-state index < -0.39 is 0 Å². The van der Waals surface area contributed by atoms with E-state index in [0.717, 1.165) is 31.3 Å². The van der Waals surface area contributed by atoms with Crippen LogP contribution in [0.25, 0.3) is 0 Å². The van der Waals surface area contributed by atoms with Gasteiger partial charge in [-0.1, -0.05) is 19.2 Å². The van der Waals surface area contributed by atoms with Gasteiger partial charge < -0.3 is 25.2 Å². The first-order chi connectivity index (χ1) is 13.7. The molecule has 31 heavy (non-hydrogen) atoms. The molecule has 1 aliphatic heterocycles. The number of rotatable bonds is 5. The van der Waals surface area contributed by atoms with E-state index in [4.69, 9.17) is 14.2 Å². The molecule has 3 rings (SSSR count). The molecule has 0 saturated heterocycles. The van der Waals surface area contributed by atoms with Gasteiger partial charge in [-0.2, -0.15) is 0 Å². The van der Waals surface area contributed by atoms with Crippen molar-refractivity contribution in [3.05, 3.63) is 36.0 Å². The normalized spacial score (nSPS) is 29.5. The molecule has 3 unspecified atom stereocenters. The molecule has 2 aliphatic carbocycles. The highest BCUT2D eigenvalue weighted by atomic mass is 16.6. The van der Waals surface area contributed by atoms with Gasteiger partial charge in [0.05, 0.1) is 0 Å². The molecule has 0 aromatic heterocycles. The fourth-order valence-corrected chi connectivity index (χ4v) is 4.37. The molecular formula is C23H34O8. The molecule has 0 aromatic rings. The Morgan fingerprint density at radius 1 is 0.903 bits per heavy atom. The minimum absolute atomic E-state index is 0. The average Bonchev–Trinajstić information content (AvgIpc) is 2.68. The number of carbonyl (C=O) groups is 3. The molecule has 2 fully saturated rings. The highest BCUT2D eigenvalue weighted by Crippen LogP contribution is 2.39. The molecule has 0 bridgehead atoms. The predicted molar refractivity (Wildman–Crippen MR) is 114 cm³/mol. The van der Waals surface area contributed by atoms with Crippen LogP contribution in [0.5, 0.6) is 0 Å². The molecular weight excluding hydrogens is 404 g/mol. The maximum atomic E-state index is 12.6. The first-order valence-corrected chi connectivity index (χ1v) is 10.4. The molecule has 3 aliphatic rings. The maximum absolute atomic E-state index is 12.6. The molecule has 0 radical (unpaired) electrons. The monoisotopic (exact) mass is 438 g/mol. The lowest BCUT2D eigenvalue weighted by Crippen LogP contribution is -2.41. The summed E-state index contributed by atoms with van der Waals surface area (Å²) in [5, 5.41) is 0. The first-order valence-electron chi connectivity index (χ1n) is 10.4. The second kappa shape index (κ2) is 11.2. The van der Waals surface area contributed by atoms with Crippen LogP contribution in [0, 0.1) is 11.8 Å². The Labute approximate surface area is 182 Å². The maximum Gasteiger partial charge on any atom is 0.334 e. The highest BCUT2D eigenvalue weighted by molar-refractivity contribution is 5.90. The summed E-state index contributed by atoms with van der Waals surface area (Å²) in [6.07, 6.45) is 6.65. The van der Waals surface area contributed by atoms with Crippen molar-refractivity contribution in [2.75, 3.05) is 0 Å². The van der Waals surface area contributed by atoms with E-state index in [2.05, 4.69) is 13.2 Å². The fraction of sp³-hybridized carbons (Fsp3) is 0.609. The van der Waals surface area contributed by atoms with Crippen molar-refractivity contribution in [1.29, 1.82) is 0 Å². The van der Waals surface area contributed by atoms with Gasteiger partial charge in [-0.3, -0.25) is 0 Å². The summed E-state index contributed by atoms with van der Waals surface area (Å²) in [6, 6.07) is 0. The van der Waals surface area contributed by atoms with Gasteiger partial charge in [0.25, 0.3) is 0 Å². The third-order valence-corrected chi connectivity index (χ3v) is 6.03. The molecule has 4 N–H and O–H groups in total. The van der Waals surface area contributed by atoms with Gasteiger partial charge in [0.1, 0.15) is 18.3 Å². The zero-order valence-corrected chi connectivity index (χ0v) is 18.3. The molecule has 1 heterocycles. The van der Waals surface area contributed by atoms with E-state index in [0.29, 0.717) is 30.4 Å². The molecule has 0 aromatic carbocycles.